The van der Waals surface area contributed by atoms with E-state index >= 15 is 0 Å². The van der Waals surface area contributed by atoms with Crippen molar-refractivity contribution in [1.82, 2.24) is 4.31 Å². The Kier molecular flexibility index (Phi) is 2.61. The van der Waals surface area contributed by atoms with Gasteiger partial charge in [-0.3, -0.25) is 0 Å². The first-order valence-electron chi connectivity index (χ1n) is 5.51. The van der Waals surface area contributed by atoms with Crippen molar-refractivity contribution in [2.24, 2.45) is 5.41 Å². The maximum atomic E-state index is 10.8. The molecule has 0 radical (unpaired) electrons. The van der Waals surface area contributed by atoms with Crippen molar-refractivity contribution in [2.45, 2.75) is 4.90 Å². The highest BCUT2D eigenvalue weighted by Gasteiger charge is 2.49. The molecular formula is C12H13NO3S. The number of carboxylic acids is 1. The number of aromatic carboxylic acids is 1. The molecule has 0 unspecified atom stereocenters. The van der Waals surface area contributed by atoms with Crippen molar-refractivity contribution in [3.63, 3.8) is 0 Å². The molecule has 2 heterocycles. The van der Waals surface area contributed by atoms with Gasteiger partial charge < -0.3 is 9.84 Å². The maximum Gasteiger partial charge on any atom is 0.335 e. The quantitative estimate of drug-likeness (QED) is 0.829. The molecular weight excluding hydrogens is 238 g/mol. The van der Waals surface area contributed by atoms with E-state index in [0.717, 1.165) is 31.2 Å². The van der Waals surface area contributed by atoms with Crippen LogP contribution in [0.5, 0.6) is 0 Å². The number of carboxylic acid groups (broad SMARTS) is 1. The van der Waals surface area contributed by atoms with Gasteiger partial charge in [0, 0.05) is 23.4 Å². The van der Waals surface area contributed by atoms with Gasteiger partial charge in [-0.15, -0.1) is 0 Å². The standard InChI is InChI=1S/C12H13NO3S/c14-11(15)9-2-1-3-10(4-9)17-13-5-12(6-13)7-16-8-12/h1-4H,5-8H2,(H,14,15). The molecule has 0 aliphatic carbocycles. The molecule has 90 valence electrons. The lowest BCUT2D eigenvalue weighted by atomic mass is 9.80. The number of ether oxygens (including phenoxy) is 1. The number of nitrogens with zero attached hydrogens (tertiary/aromatic N) is 1. The first kappa shape index (κ1) is 11.1. The average molecular weight is 251 g/mol. The topological polar surface area (TPSA) is 49.8 Å². The molecule has 4 nitrogen and oxygen atoms in total. The smallest absolute Gasteiger partial charge is 0.335 e. The van der Waals surface area contributed by atoms with Crippen molar-refractivity contribution in [1.29, 1.82) is 0 Å². The Morgan fingerprint density at radius 1 is 1.41 bits per heavy atom. The summed E-state index contributed by atoms with van der Waals surface area (Å²) in [6.45, 7) is 3.82. The molecule has 1 aromatic carbocycles. The van der Waals surface area contributed by atoms with Crippen LogP contribution in [-0.2, 0) is 4.74 Å². The lowest BCUT2D eigenvalue weighted by Crippen LogP contribution is -2.63. The number of benzene rings is 1. The van der Waals surface area contributed by atoms with Crippen molar-refractivity contribution in [3.05, 3.63) is 29.8 Å². The van der Waals surface area contributed by atoms with Crippen molar-refractivity contribution < 1.29 is 14.6 Å². The van der Waals surface area contributed by atoms with Crippen LogP contribution in [0.4, 0.5) is 0 Å². The second-order valence-electron chi connectivity index (χ2n) is 4.72. The maximum absolute atomic E-state index is 10.8. The minimum absolute atomic E-state index is 0.345. The van der Waals surface area contributed by atoms with Crippen molar-refractivity contribution in [2.75, 3.05) is 26.3 Å². The van der Waals surface area contributed by atoms with E-state index in [-0.39, 0.29) is 0 Å². The molecule has 2 fully saturated rings. The zero-order valence-electron chi connectivity index (χ0n) is 9.26. The van der Waals surface area contributed by atoms with Gasteiger partial charge >= 0.3 is 5.97 Å². The van der Waals surface area contributed by atoms with E-state index < -0.39 is 5.97 Å². The van der Waals surface area contributed by atoms with Crippen LogP contribution in [-0.4, -0.2) is 41.7 Å². The second kappa shape index (κ2) is 4.01. The van der Waals surface area contributed by atoms with Crippen LogP contribution in [0.1, 0.15) is 10.4 Å². The van der Waals surface area contributed by atoms with E-state index in [9.17, 15) is 4.79 Å². The van der Waals surface area contributed by atoms with E-state index in [1.165, 1.54) is 0 Å². The molecule has 2 aliphatic rings. The number of hydrogen-bond acceptors (Lipinski definition) is 4. The Balaban J connectivity index is 1.62. The van der Waals surface area contributed by atoms with Crippen LogP contribution >= 0.6 is 11.9 Å². The molecule has 0 bridgehead atoms. The third-order valence-corrected chi connectivity index (χ3v) is 4.14. The Hall–Kier alpha value is -1.04. The summed E-state index contributed by atoms with van der Waals surface area (Å²) >= 11 is 1.63. The third kappa shape index (κ3) is 2.06. The number of rotatable bonds is 3. The van der Waals surface area contributed by atoms with Crippen LogP contribution in [0.15, 0.2) is 29.2 Å². The molecule has 0 atom stereocenters. The zero-order valence-corrected chi connectivity index (χ0v) is 10.1. The Bertz CT molecular complexity index is 451. The van der Waals surface area contributed by atoms with Gasteiger partial charge in [0.05, 0.1) is 18.8 Å². The van der Waals surface area contributed by atoms with Gasteiger partial charge in [-0.2, -0.15) is 0 Å². The summed E-state index contributed by atoms with van der Waals surface area (Å²) in [5.41, 5.74) is 0.745. The molecule has 0 saturated carbocycles. The fraction of sp³-hybridized carbons (Fsp3) is 0.417. The Labute approximate surface area is 104 Å². The van der Waals surface area contributed by atoms with E-state index in [2.05, 4.69) is 4.31 Å². The highest BCUT2D eigenvalue weighted by Crippen LogP contribution is 2.42. The van der Waals surface area contributed by atoms with Crippen LogP contribution in [0.25, 0.3) is 0 Å². The monoisotopic (exact) mass is 251 g/mol. The van der Waals surface area contributed by atoms with Crippen LogP contribution in [0.2, 0.25) is 0 Å². The summed E-state index contributed by atoms with van der Waals surface area (Å²) in [5, 5.41) is 8.91. The molecule has 5 heteroatoms. The Morgan fingerprint density at radius 3 is 2.76 bits per heavy atom. The predicted molar refractivity (Wildman–Crippen MR) is 64.1 cm³/mol. The fourth-order valence-electron chi connectivity index (χ4n) is 2.17. The molecule has 3 rings (SSSR count). The first-order chi connectivity index (χ1) is 8.17. The summed E-state index contributed by atoms with van der Waals surface area (Å²) in [4.78, 5) is 11.8. The minimum atomic E-state index is -0.875. The molecule has 1 aromatic rings. The first-order valence-corrected chi connectivity index (χ1v) is 6.28. The number of hydrogen-bond donors (Lipinski definition) is 1. The predicted octanol–water partition coefficient (Wildman–Crippen LogP) is 1.72. The summed E-state index contributed by atoms with van der Waals surface area (Å²) in [6.07, 6.45) is 0. The van der Waals surface area contributed by atoms with Crippen LogP contribution in [0.3, 0.4) is 0 Å². The average Bonchev–Trinajstić information content (AvgIpc) is 2.20. The summed E-state index contributed by atoms with van der Waals surface area (Å²) < 4.78 is 7.47. The summed E-state index contributed by atoms with van der Waals surface area (Å²) in [5.74, 6) is -0.875. The van der Waals surface area contributed by atoms with Gasteiger partial charge in [-0.25, -0.2) is 9.10 Å². The molecule has 1 spiro atoms. The largest absolute Gasteiger partial charge is 0.478 e. The van der Waals surface area contributed by atoms with Crippen molar-refractivity contribution in [3.8, 4) is 0 Å². The molecule has 1 N–H and O–H groups in total. The number of carbonyl (C=O) groups is 1. The molecule has 0 amide bonds. The third-order valence-electron chi connectivity index (χ3n) is 3.16. The van der Waals surface area contributed by atoms with E-state index in [1.54, 1.807) is 30.1 Å². The summed E-state index contributed by atoms with van der Waals surface area (Å²) in [7, 11) is 0. The van der Waals surface area contributed by atoms with Gasteiger partial charge in [0.15, 0.2) is 0 Å². The van der Waals surface area contributed by atoms with Gasteiger partial charge in [0.1, 0.15) is 0 Å². The second-order valence-corrected chi connectivity index (χ2v) is 5.89. The lowest BCUT2D eigenvalue weighted by molar-refractivity contribution is -0.164. The normalized spacial score (nSPS) is 21.9. The molecule has 17 heavy (non-hydrogen) atoms. The minimum Gasteiger partial charge on any atom is -0.478 e. The highest BCUT2D eigenvalue weighted by atomic mass is 32.2. The van der Waals surface area contributed by atoms with Gasteiger partial charge in [-0.1, -0.05) is 6.07 Å². The zero-order chi connectivity index (χ0) is 11.9. The van der Waals surface area contributed by atoms with E-state index in [1.807, 2.05) is 6.07 Å². The molecule has 2 aliphatic heterocycles. The summed E-state index contributed by atoms with van der Waals surface area (Å²) in [6, 6.07) is 7.06. The van der Waals surface area contributed by atoms with Crippen LogP contribution in [0, 0.1) is 5.41 Å². The van der Waals surface area contributed by atoms with Gasteiger partial charge in [0.25, 0.3) is 0 Å². The molecule has 0 aromatic heterocycles. The Morgan fingerprint density at radius 2 is 2.18 bits per heavy atom. The van der Waals surface area contributed by atoms with E-state index in [4.69, 9.17) is 9.84 Å². The molecule has 2 saturated heterocycles. The SMILES string of the molecule is O=C(O)c1cccc(SN2CC3(COC3)C2)c1. The highest BCUT2D eigenvalue weighted by molar-refractivity contribution is 7.97. The van der Waals surface area contributed by atoms with Crippen LogP contribution < -0.4 is 0 Å². The lowest BCUT2D eigenvalue weighted by Gasteiger charge is -2.54. The van der Waals surface area contributed by atoms with Crippen molar-refractivity contribution >= 4 is 17.9 Å². The van der Waals surface area contributed by atoms with Gasteiger partial charge in [-0.05, 0) is 30.1 Å². The fourth-order valence-corrected chi connectivity index (χ4v) is 3.47. The van der Waals surface area contributed by atoms with E-state index in [0.29, 0.717) is 11.0 Å². The van der Waals surface area contributed by atoms with Gasteiger partial charge in [0.2, 0.25) is 0 Å².